The zero-order valence-corrected chi connectivity index (χ0v) is 28.8. The molecule has 0 saturated carbocycles. The number of thiophene rings is 1. The van der Waals surface area contributed by atoms with Crippen LogP contribution < -0.4 is 20.7 Å². The topological polar surface area (TPSA) is 147 Å². The number of nitrogens with one attached hydrogen (secondary N) is 4. The Hall–Kier alpha value is -6.14. The zero-order chi connectivity index (χ0) is 34.9. The van der Waals surface area contributed by atoms with Crippen LogP contribution in [0.4, 0.5) is 5.69 Å². The molecule has 12 heteroatoms. The molecular formula is C40H30N6O5S. The third-order valence-corrected chi connectivity index (χ3v) is 11.7. The van der Waals surface area contributed by atoms with Gasteiger partial charge >= 0.3 is 0 Å². The Labute approximate surface area is 300 Å². The average Bonchev–Trinajstić information content (AvgIpc) is 3.99. The lowest BCUT2D eigenvalue weighted by Gasteiger charge is -2.28. The quantitative estimate of drug-likeness (QED) is 0.151. The van der Waals surface area contributed by atoms with Gasteiger partial charge in [-0.15, -0.1) is 11.3 Å². The van der Waals surface area contributed by atoms with Crippen LogP contribution in [0, 0.1) is 5.92 Å². The van der Waals surface area contributed by atoms with E-state index < -0.39 is 23.7 Å². The molecule has 2 amide bonds. The Morgan fingerprint density at radius 3 is 2.75 bits per heavy atom. The number of aromatic amines is 1. The van der Waals surface area contributed by atoms with Gasteiger partial charge in [0.1, 0.15) is 23.2 Å². The number of hydrogen-bond acceptors (Lipinski definition) is 9. The predicted molar refractivity (Wildman–Crippen MR) is 194 cm³/mol. The molecule has 0 saturated heterocycles. The van der Waals surface area contributed by atoms with Crippen molar-refractivity contribution in [1.29, 1.82) is 0 Å². The van der Waals surface area contributed by atoms with Gasteiger partial charge in [0.15, 0.2) is 23.4 Å². The van der Waals surface area contributed by atoms with Gasteiger partial charge in [-0.3, -0.25) is 9.59 Å². The summed E-state index contributed by atoms with van der Waals surface area (Å²) in [6, 6.07) is 20.5. The Morgan fingerprint density at radius 2 is 1.88 bits per heavy atom. The number of anilines is 1. The lowest BCUT2D eigenvalue weighted by molar-refractivity contribution is -0.124. The number of fused-ring (bicyclic) bond motifs is 7. The second-order valence-corrected chi connectivity index (χ2v) is 15.1. The van der Waals surface area contributed by atoms with Crippen molar-refractivity contribution in [3.63, 3.8) is 0 Å². The minimum Gasteiger partial charge on any atom is -0.469 e. The number of nitrogens with zero attached hydrogens (tertiary/aromatic N) is 2. The maximum atomic E-state index is 14.2. The summed E-state index contributed by atoms with van der Waals surface area (Å²) in [7, 11) is 0. The minimum absolute atomic E-state index is 0.133. The molecule has 11 nitrogen and oxygen atoms in total. The van der Waals surface area contributed by atoms with Crippen LogP contribution in [0.2, 0.25) is 0 Å². The number of hydrogen-bond donors (Lipinski definition) is 4. The first-order valence-electron chi connectivity index (χ1n) is 17.3. The number of para-hydroxylation sites is 1. The van der Waals surface area contributed by atoms with Crippen molar-refractivity contribution in [2.24, 2.45) is 5.92 Å². The number of ether oxygens (including phenoxy) is 1. The fraction of sp³-hybridized carbons (Fsp3) is 0.200. The molecule has 1 spiro atoms. The molecule has 4 atom stereocenters. The van der Waals surface area contributed by atoms with E-state index in [-0.39, 0.29) is 24.2 Å². The summed E-state index contributed by atoms with van der Waals surface area (Å²) >= 11 is 1.33. The van der Waals surface area contributed by atoms with Crippen LogP contribution in [-0.2, 0) is 16.6 Å². The van der Waals surface area contributed by atoms with Crippen LogP contribution in [0.15, 0.2) is 93.3 Å². The largest absolute Gasteiger partial charge is 0.469 e. The summed E-state index contributed by atoms with van der Waals surface area (Å²) in [5.74, 6) is 1.59. The highest BCUT2D eigenvalue weighted by Crippen LogP contribution is 2.61. The summed E-state index contributed by atoms with van der Waals surface area (Å²) in [6.45, 7) is 4.00. The SMILES string of the molecule is CC(C)[C@@H]1NC(=O)[C@@H](NC(=O)c2cccs2)Cc2ccc3c(c2)C24c5cccc(c5NC2O3)-c2cccc3[nH]cc(c23)-c2cnc(o2)-c2nc1oc24. The van der Waals surface area contributed by atoms with Crippen molar-refractivity contribution in [3.8, 4) is 39.8 Å². The number of carbonyl (C=O) groups is 2. The monoisotopic (exact) mass is 706 g/mol. The van der Waals surface area contributed by atoms with Gasteiger partial charge in [0.25, 0.3) is 5.91 Å². The Kier molecular flexibility index (Phi) is 5.95. The van der Waals surface area contributed by atoms with Gasteiger partial charge in [-0.05, 0) is 40.6 Å². The highest BCUT2D eigenvalue weighted by Gasteiger charge is 2.61. The molecule has 0 aliphatic carbocycles. The summed E-state index contributed by atoms with van der Waals surface area (Å²) in [5, 5.41) is 12.8. The molecular weight excluding hydrogens is 677 g/mol. The van der Waals surface area contributed by atoms with Gasteiger partial charge < -0.3 is 34.5 Å². The molecule has 3 aromatic carbocycles. The van der Waals surface area contributed by atoms with Crippen molar-refractivity contribution >= 4 is 39.7 Å². The van der Waals surface area contributed by atoms with Crippen LogP contribution in [0.1, 0.15) is 57.9 Å². The van der Waals surface area contributed by atoms with Crippen LogP contribution in [-0.4, -0.2) is 39.0 Å². The van der Waals surface area contributed by atoms with Crippen molar-refractivity contribution in [2.45, 2.75) is 44.0 Å². The van der Waals surface area contributed by atoms with E-state index >= 15 is 0 Å². The summed E-state index contributed by atoms with van der Waals surface area (Å²) in [4.78, 5) is 41.5. The molecule has 10 bridgehead atoms. The van der Waals surface area contributed by atoms with Crippen LogP contribution in [0.25, 0.3) is 44.9 Å². The highest BCUT2D eigenvalue weighted by atomic mass is 32.1. The maximum absolute atomic E-state index is 14.2. The molecule has 52 heavy (non-hydrogen) atoms. The van der Waals surface area contributed by atoms with E-state index in [2.05, 4.69) is 57.3 Å². The Bertz CT molecular complexity index is 2640. The van der Waals surface area contributed by atoms with E-state index in [0.29, 0.717) is 39.6 Å². The van der Waals surface area contributed by atoms with Crippen molar-refractivity contribution < 1.29 is 23.2 Å². The molecule has 11 rings (SSSR count). The van der Waals surface area contributed by atoms with Gasteiger partial charge in [0, 0.05) is 51.5 Å². The van der Waals surface area contributed by atoms with Gasteiger partial charge in [0.2, 0.25) is 17.7 Å². The Balaban J connectivity index is 1.21. The number of rotatable bonds is 3. The van der Waals surface area contributed by atoms with E-state index in [1.807, 2.05) is 49.7 Å². The number of aromatic nitrogens is 3. The molecule has 256 valence electrons. The first-order valence-corrected chi connectivity index (χ1v) is 18.2. The summed E-state index contributed by atoms with van der Waals surface area (Å²) in [6.07, 6.45) is 3.31. The standard InChI is InChI=1S/C40H30N6O5S/c1-18(2)31-38-45-33-34(51-38)40-23-8-3-7-21(20-6-4-9-25-30(20)22(16-41-25)28-17-42-37(33)49-28)32(23)46-39(40)50-27-12-11-19(14-24(27)40)15-26(35(47)44-31)43-36(48)29-10-5-13-52-29/h3-14,16-18,26,31,39,41,46H,15H2,1-2H3,(H,43,48)(H,44,47)/t26-,31-,39?,40?/m0/s1. The second kappa shape index (κ2) is 10.5. The van der Waals surface area contributed by atoms with E-state index in [9.17, 15) is 9.59 Å². The number of H-pyrrole nitrogens is 1. The van der Waals surface area contributed by atoms with Gasteiger partial charge in [-0.25, -0.2) is 9.97 Å². The molecule has 2 unspecified atom stereocenters. The van der Waals surface area contributed by atoms with Crippen molar-refractivity contribution in [1.82, 2.24) is 25.6 Å². The van der Waals surface area contributed by atoms with Gasteiger partial charge in [-0.1, -0.05) is 62.4 Å². The molecule has 4 N–H and O–H groups in total. The summed E-state index contributed by atoms with van der Waals surface area (Å²) < 4.78 is 20.5. The lowest BCUT2D eigenvalue weighted by Crippen LogP contribution is -2.49. The fourth-order valence-corrected chi connectivity index (χ4v) is 9.12. The summed E-state index contributed by atoms with van der Waals surface area (Å²) in [5.41, 5.74) is 6.88. The normalized spacial score (nSPS) is 21.8. The third kappa shape index (κ3) is 3.89. The lowest BCUT2D eigenvalue weighted by atomic mass is 9.72. The minimum atomic E-state index is -1.03. The van der Waals surface area contributed by atoms with Gasteiger partial charge in [0.05, 0.1) is 11.1 Å². The van der Waals surface area contributed by atoms with Crippen LogP contribution in [0.5, 0.6) is 5.75 Å². The Morgan fingerprint density at radius 1 is 1.00 bits per heavy atom. The number of amides is 2. The van der Waals surface area contributed by atoms with Crippen molar-refractivity contribution in [2.75, 3.05) is 5.32 Å². The average molecular weight is 707 g/mol. The molecule has 0 radical (unpaired) electrons. The third-order valence-electron chi connectivity index (χ3n) is 10.9. The maximum Gasteiger partial charge on any atom is 0.262 e. The van der Waals surface area contributed by atoms with Crippen LogP contribution in [0.3, 0.4) is 0 Å². The molecule has 4 aliphatic heterocycles. The molecule has 8 heterocycles. The number of carbonyl (C=O) groups excluding carboxylic acids is 2. The van der Waals surface area contributed by atoms with E-state index in [0.717, 1.165) is 50.0 Å². The fourth-order valence-electron chi connectivity index (χ4n) is 8.49. The first-order chi connectivity index (χ1) is 25.4. The van der Waals surface area contributed by atoms with Crippen molar-refractivity contribution in [3.05, 3.63) is 118 Å². The van der Waals surface area contributed by atoms with Crippen LogP contribution >= 0.6 is 11.3 Å². The molecule has 4 aliphatic rings. The highest BCUT2D eigenvalue weighted by molar-refractivity contribution is 7.12. The molecule has 7 aromatic rings. The van der Waals surface area contributed by atoms with E-state index in [1.165, 1.54) is 11.3 Å². The smallest absolute Gasteiger partial charge is 0.262 e. The first kappa shape index (κ1) is 29.6. The van der Waals surface area contributed by atoms with Gasteiger partial charge in [-0.2, -0.15) is 0 Å². The van der Waals surface area contributed by atoms with E-state index in [1.54, 1.807) is 12.3 Å². The predicted octanol–water partition coefficient (Wildman–Crippen LogP) is 7.17. The number of oxazole rings is 2. The van der Waals surface area contributed by atoms with E-state index in [4.69, 9.17) is 23.5 Å². The second-order valence-electron chi connectivity index (χ2n) is 14.1. The molecule has 4 aromatic heterocycles. The number of benzene rings is 3. The molecule has 0 fully saturated rings. The zero-order valence-electron chi connectivity index (χ0n) is 27.9.